The molecule has 0 spiro atoms. The molecule has 0 saturated carbocycles. The average molecular weight is 223 g/mol. The van der Waals surface area contributed by atoms with Crippen LogP contribution in [0.25, 0.3) is 0 Å². The van der Waals surface area contributed by atoms with E-state index in [9.17, 15) is 13.5 Å². The highest BCUT2D eigenvalue weighted by Gasteiger charge is 2.34. The van der Waals surface area contributed by atoms with Crippen LogP contribution in [0.15, 0.2) is 0 Å². The van der Waals surface area contributed by atoms with Gasteiger partial charge in [0.25, 0.3) is 10.1 Å². The predicted molar refractivity (Wildman–Crippen MR) is 54.2 cm³/mol. The fourth-order valence-corrected chi connectivity index (χ4v) is 2.82. The molecule has 0 fully saturated rings. The molecule has 0 aromatic rings. The van der Waals surface area contributed by atoms with Crippen molar-refractivity contribution in [3.05, 3.63) is 0 Å². The first-order valence-corrected chi connectivity index (χ1v) is 6.24. The van der Waals surface area contributed by atoms with Gasteiger partial charge in [-0.2, -0.15) is 8.42 Å². The smallest absolute Gasteiger partial charge is 0.268 e. The van der Waals surface area contributed by atoms with Crippen LogP contribution in [0.4, 0.5) is 0 Å². The van der Waals surface area contributed by atoms with E-state index in [4.69, 9.17) is 4.55 Å². The average Bonchev–Trinajstić information content (AvgIpc) is 1.92. The maximum atomic E-state index is 11.0. The van der Waals surface area contributed by atoms with Crippen molar-refractivity contribution in [3.8, 4) is 0 Å². The molecular weight excluding hydrogens is 204 g/mol. The minimum Gasteiger partial charge on any atom is -0.285 e. The lowest BCUT2D eigenvalue weighted by Crippen LogP contribution is -2.34. The molecule has 0 aromatic heterocycles. The van der Waals surface area contributed by atoms with Gasteiger partial charge >= 0.3 is 0 Å². The van der Waals surface area contributed by atoms with Crippen molar-refractivity contribution in [2.45, 2.75) is 45.3 Å². The minimum atomic E-state index is -4.01. The van der Waals surface area contributed by atoms with Gasteiger partial charge in [0.2, 0.25) is 0 Å². The zero-order chi connectivity index (χ0) is 11.4. The molecule has 14 heavy (non-hydrogen) atoms. The zero-order valence-corrected chi connectivity index (χ0v) is 9.80. The Balaban J connectivity index is 4.45. The summed E-state index contributed by atoms with van der Waals surface area (Å²) in [7, 11) is -4.01. The van der Waals surface area contributed by atoms with Crippen LogP contribution in [0, 0.1) is 5.41 Å². The molecule has 5 heteroatoms. The first-order valence-electron chi connectivity index (χ1n) is 4.74. The highest BCUT2D eigenvalue weighted by Crippen LogP contribution is 2.29. The summed E-state index contributed by atoms with van der Waals surface area (Å²) in [4.78, 5) is 0. The molecule has 1 atom stereocenters. The molecule has 0 heterocycles. The van der Waals surface area contributed by atoms with Gasteiger partial charge < -0.3 is 0 Å². The summed E-state index contributed by atoms with van der Waals surface area (Å²) in [5, 5.41) is 9.42. The lowest BCUT2D eigenvalue weighted by Gasteiger charge is -2.27. The van der Waals surface area contributed by atoms with Gasteiger partial charge in [0.1, 0.15) is 0 Å². The van der Waals surface area contributed by atoms with Gasteiger partial charge in [-0.05, 0) is 24.7 Å². The fraction of sp³-hybridized carbons (Fsp3) is 1.00. The Morgan fingerprint density at radius 1 is 1.21 bits per heavy atom. The van der Waals surface area contributed by atoms with Gasteiger partial charge in [-0.3, -0.25) is 4.55 Å². The van der Waals surface area contributed by atoms with Gasteiger partial charge in [-0.25, -0.2) is 5.11 Å². The molecular formula is C9H19O4S. The van der Waals surface area contributed by atoms with Crippen LogP contribution >= 0.6 is 0 Å². The van der Waals surface area contributed by atoms with Crippen molar-refractivity contribution in [2.24, 2.45) is 5.41 Å². The molecule has 0 aliphatic rings. The molecule has 1 unspecified atom stereocenters. The summed E-state index contributed by atoms with van der Waals surface area (Å²) in [6, 6.07) is 0. The first kappa shape index (κ1) is 13.9. The Kier molecular flexibility index (Phi) is 5.05. The second-order valence-corrected chi connectivity index (χ2v) is 6.17. The lowest BCUT2D eigenvalue weighted by molar-refractivity contribution is 0.184. The SMILES string of the molecule is CC(C)(C)C(CCCC[O])S(=O)(=O)O. The first-order chi connectivity index (χ1) is 6.19. The zero-order valence-electron chi connectivity index (χ0n) is 8.99. The monoisotopic (exact) mass is 223 g/mol. The fourth-order valence-electron chi connectivity index (χ4n) is 1.46. The van der Waals surface area contributed by atoms with E-state index in [1.54, 1.807) is 20.8 Å². The van der Waals surface area contributed by atoms with E-state index in [0.29, 0.717) is 19.3 Å². The largest absolute Gasteiger partial charge is 0.285 e. The molecule has 4 nitrogen and oxygen atoms in total. The van der Waals surface area contributed by atoms with Crippen molar-refractivity contribution < 1.29 is 18.1 Å². The minimum absolute atomic E-state index is 0.192. The van der Waals surface area contributed by atoms with E-state index in [0.717, 1.165) is 0 Å². The second-order valence-electron chi connectivity index (χ2n) is 4.57. The molecule has 0 aromatic carbocycles. The van der Waals surface area contributed by atoms with E-state index in [-0.39, 0.29) is 6.61 Å². The van der Waals surface area contributed by atoms with Gasteiger partial charge in [-0.1, -0.05) is 20.8 Å². The summed E-state index contributed by atoms with van der Waals surface area (Å²) in [5.74, 6) is 0. The number of hydrogen-bond donors (Lipinski definition) is 1. The maximum absolute atomic E-state index is 11.0. The molecule has 0 aliphatic carbocycles. The van der Waals surface area contributed by atoms with Crippen molar-refractivity contribution in [3.63, 3.8) is 0 Å². The molecule has 0 rings (SSSR count). The third-order valence-electron chi connectivity index (χ3n) is 2.19. The summed E-state index contributed by atoms with van der Waals surface area (Å²) in [6.45, 7) is 5.11. The topological polar surface area (TPSA) is 74.3 Å². The quantitative estimate of drug-likeness (QED) is 0.571. The number of unbranched alkanes of at least 4 members (excludes halogenated alkanes) is 1. The summed E-state index contributed by atoms with van der Waals surface area (Å²) in [6.07, 6.45) is 1.36. The number of hydrogen-bond acceptors (Lipinski definition) is 2. The Bertz CT molecular complexity index is 250. The van der Waals surface area contributed by atoms with E-state index < -0.39 is 20.8 Å². The second kappa shape index (κ2) is 5.09. The molecule has 1 N–H and O–H groups in total. The molecule has 0 bridgehead atoms. The van der Waals surface area contributed by atoms with E-state index in [1.165, 1.54) is 0 Å². The third-order valence-corrected chi connectivity index (χ3v) is 3.85. The molecule has 0 saturated heterocycles. The standard InChI is InChI=1S/C9H19O4S/c1-9(2,3)8(14(11,12)13)6-4-5-7-10/h8H,4-7H2,1-3H3,(H,11,12,13). The van der Waals surface area contributed by atoms with Crippen LogP contribution < -0.4 is 0 Å². The Morgan fingerprint density at radius 3 is 2.00 bits per heavy atom. The van der Waals surface area contributed by atoms with E-state index in [1.807, 2.05) is 0 Å². The number of rotatable bonds is 5. The maximum Gasteiger partial charge on any atom is 0.268 e. The molecule has 85 valence electrons. The molecule has 1 radical (unpaired) electrons. The summed E-state index contributed by atoms with van der Waals surface area (Å²) < 4.78 is 31.1. The summed E-state index contributed by atoms with van der Waals surface area (Å²) >= 11 is 0. The third kappa shape index (κ3) is 4.93. The van der Waals surface area contributed by atoms with Crippen molar-refractivity contribution in [1.29, 1.82) is 0 Å². The van der Waals surface area contributed by atoms with E-state index >= 15 is 0 Å². The van der Waals surface area contributed by atoms with Crippen LogP contribution in [-0.4, -0.2) is 24.8 Å². The Hall–Kier alpha value is -0.130. The van der Waals surface area contributed by atoms with Crippen LogP contribution in [-0.2, 0) is 15.2 Å². The van der Waals surface area contributed by atoms with Crippen LogP contribution in [0.5, 0.6) is 0 Å². The van der Waals surface area contributed by atoms with Crippen LogP contribution in [0.1, 0.15) is 40.0 Å². The predicted octanol–water partition coefficient (Wildman–Crippen LogP) is 1.89. The molecule has 0 amide bonds. The highest BCUT2D eigenvalue weighted by molar-refractivity contribution is 7.86. The Morgan fingerprint density at radius 2 is 1.71 bits per heavy atom. The Labute approximate surface area is 86.1 Å². The van der Waals surface area contributed by atoms with Crippen molar-refractivity contribution in [2.75, 3.05) is 6.61 Å². The highest BCUT2D eigenvalue weighted by atomic mass is 32.2. The molecule has 0 aliphatic heterocycles. The van der Waals surface area contributed by atoms with Crippen LogP contribution in [0.2, 0.25) is 0 Å². The van der Waals surface area contributed by atoms with Gasteiger partial charge in [0.05, 0.1) is 11.9 Å². The van der Waals surface area contributed by atoms with Gasteiger partial charge in [0.15, 0.2) is 0 Å². The summed E-state index contributed by atoms with van der Waals surface area (Å²) in [5.41, 5.74) is -0.490. The van der Waals surface area contributed by atoms with Crippen LogP contribution in [0.3, 0.4) is 0 Å². The van der Waals surface area contributed by atoms with Crippen molar-refractivity contribution >= 4 is 10.1 Å². The lowest BCUT2D eigenvalue weighted by atomic mass is 9.89. The van der Waals surface area contributed by atoms with E-state index in [2.05, 4.69) is 0 Å². The van der Waals surface area contributed by atoms with Crippen molar-refractivity contribution in [1.82, 2.24) is 0 Å². The van der Waals surface area contributed by atoms with Gasteiger partial charge in [0, 0.05) is 0 Å². The van der Waals surface area contributed by atoms with Gasteiger partial charge in [-0.15, -0.1) is 0 Å². The normalized spacial score (nSPS) is 15.5.